The number of thioether (sulfide) groups is 1. The Hall–Kier alpha value is -2.56. The number of ether oxygens (including phenoxy) is 2. The normalized spacial score (nSPS) is 14.3. The quantitative estimate of drug-likeness (QED) is 0.204. The third kappa shape index (κ3) is 5.99. The molecule has 1 fully saturated rings. The number of nitriles is 1. The van der Waals surface area contributed by atoms with Crippen LogP contribution in [0.15, 0.2) is 65.6 Å². The largest absolute Gasteiger partial charge is 0.493 e. The number of halogens is 2. The van der Waals surface area contributed by atoms with Crippen molar-refractivity contribution in [1.82, 2.24) is 4.90 Å². The third-order valence-electron chi connectivity index (χ3n) is 5.19. The highest BCUT2D eigenvalue weighted by atomic mass is 127. The Morgan fingerprint density at radius 1 is 1.09 bits per heavy atom. The van der Waals surface area contributed by atoms with Crippen molar-refractivity contribution in [2.75, 3.05) is 7.11 Å². The second-order valence-electron chi connectivity index (χ2n) is 7.49. The molecule has 3 aromatic carbocycles. The number of rotatable bonds is 7. The molecule has 0 saturated carbocycles. The fourth-order valence-electron chi connectivity index (χ4n) is 3.42. The predicted molar refractivity (Wildman–Crippen MR) is 152 cm³/mol. The minimum Gasteiger partial charge on any atom is -0.493 e. The number of carbonyl (C=O) groups is 2. The van der Waals surface area contributed by atoms with Crippen LogP contribution >= 0.6 is 56.9 Å². The topological polar surface area (TPSA) is 79.6 Å². The molecule has 0 spiro atoms. The van der Waals surface area contributed by atoms with Gasteiger partial charge >= 0.3 is 0 Å². The van der Waals surface area contributed by atoms with E-state index in [4.69, 9.17) is 9.47 Å². The fourth-order valence-corrected chi connectivity index (χ4v) is 5.40. The molecule has 35 heavy (non-hydrogen) atoms. The highest BCUT2D eigenvalue weighted by molar-refractivity contribution is 14.1. The second kappa shape index (κ2) is 11.5. The molecule has 4 rings (SSSR count). The molecule has 2 amide bonds. The van der Waals surface area contributed by atoms with Gasteiger partial charge in [0.2, 0.25) is 0 Å². The number of nitrogens with zero attached hydrogens (tertiary/aromatic N) is 2. The van der Waals surface area contributed by atoms with Gasteiger partial charge in [-0.3, -0.25) is 14.5 Å². The number of carbonyl (C=O) groups excluding carboxylic acids is 2. The van der Waals surface area contributed by atoms with Crippen molar-refractivity contribution < 1.29 is 19.1 Å². The van der Waals surface area contributed by atoms with E-state index in [2.05, 4.69) is 51.3 Å². The molecule has 1 aliphatic rings. The van der Waals surface area contributed by atoms with Gasteiger partial charge in [-0.25, -0.2) is 0 Å². The Balaban J connectivity index is 1.54. The minimum absolute atomic E-state index is 0.0535. The average Bonchev–Trinajstić information content (AvgIpc) is 3.11. The van der Waals surface area contributed by atoms with Crippen LogP contribution in [0.2, 0.25) is 0 Å². The summed E-state index contributed by atoms with van der Waals surface area (Å²) in [5.74, 6) is 0.765. The number of amides is 2. The number of methoxy groups -OCH3 is 1. The average molecular weight is 708 g/mol. The van der Waals surface area contributed by atoms with E-state index in [0.717, 1.165) is 34.9 Å². The Morgan fingerprint density at radius 3 is 2.54 bits per heavy atom. The van der Waals surface area contributed by atoms with Crippen LogP contribution in [0.5, 0.6) is 11.5 Å². The second-order valence-corrected chi connectivity index (χ2v) is 10.9. The first-order valence-electron chi connectivity index (χ1n) is 10.4. The smallest absolute Gasteiger partial charge is 0.293 e. The fraction of sp³-hybridized carbons (Fsp3) is 0.115. The molecule has 0 N–H and O–H groups in total. The Labute approximate surface area is 234 Å². The summed E-state index contributed by atoms with van der Waals surface area (Å²) < 4.78 is 13.6. The highest BCUT2D eigenvalue weighted by Crippen LogP contribution is 2.38. The van der Waals surface area contributed by atoms with E-state index in [-0.39, 0.29) is 17.7 Å². The molecule has 9 heteroatoms. The van der Waals surface area contributed by atoms with Gasteiger partial charge in [0.15, 0.2) is 11.5 Å². The molecule has 1 heterocycles. The summed E-state index contributed by atoms with van der Waals surface area (Å²) in [6.45, 7) is 0.448. The number of hydrogen-bond donors (Lipinski definition) is 0. The summed E-state index contributed by atoms with van der Waals surface area (Å²) in [4.78, 5) is 27.0. The first-order chi connectivity index (χ1) is 16.9. The zero-order chi connectivity index (χ0) is 24.9. The molecule has 0 radical (unpaired) electrons. The lowest BCUT2D eigenvalue weighted by Gasteiger charge is -2.14. The van der Waals surface area contributed by atoms with Gasteiger partial charge in [0.25, 0.3) is 11.1 Å². The van der Waals surface area contributed by atoms with Crippen LogP contribution in [0.25, 0.3) is 6.08 Å². The van der Waals surface area contributed by atoms with Gasteiger partial charge < -0.3 is 9.47 Å². The number of hydrogen-bond acceptors (Lipinski definition) is 6. The molecule has 1 aliphatic heterocycles. The lowest BCUT2D eigenvalue weighted by atomic mass is 10.1. The molecule has 1 saturated heterocycles. The van der Waals surface area contributed by atoms with Crippen LogP contribution in [0.3, 0.4) is 0 Å². The van der Waals surface area contributed by atoms with Gasteiger partial charge in [-0.05, 0) is 110 Å². The van der Waals surface area contributed by atoms with E-state index >= 15 is 0 Å². The molecule has 3 aromatic rings. The van der Waals surface area contributed by atoms with Crippen molar-refractivity contribution in [3.05, 3.63) is 95.0 Å². The van der Waals surface area contributed by atoms with E-state index in [0.29, 0.717) is 34.1 Å². The van der Waals surface area contributed by atoms with Crippen molar-refractivity contribution >= 4 is 74.2 Å². The first kappa shape index (κ1) is 25.5. The molecule has 0 aromatic heterocycles. The zero-order valence-electron chi connectivity index (χ0n) is 18.5. The van der Waals surface area contributed by atoms with Gasteiger partial charge in [-0.1, -0.05) is 30.3 Å². The summed E-state index contributed by atoms with van der Waals surface area (Å²) in [7, 11) is 1.56. The summed E-state index contributed by atoms with van der Waals surface area (Å²) in [6.07, 6.45) is 1.68. The van der Waals surface area contributed by atoms with Crippen molar-refractivity contribution in [1.29, 1.82) is 5.26 Å². The van der Waals surface area contributed by atoms with Crippen LogP contribution in [0.4, 0.5) is 4.79 Å². The van der Waals surface area contributed by atoms with E-state index < -0.39 is 0 Å². The maximum atomic E-state index is 13.0. The maximum Gasteiger partial charge on any atom is 0.293 e. The molecule has 0 unspecified atom stereocenters. The Morgan fingerprint density at radius 2 is 1.83 bits per heavy atom. The van der Waals surface area contributed by atoms with Crippen LogP contribution in [0, 0.1) is 18.5 Å². The van der Waals surface area contributed by atoms with Crippen molar-refractivity contribution in [2.45, 2.75) is 13.2 Å². The van der Waals surface area contributed by atoms with Crippen LogP contribution in [0.1, 0.15) is 22.3 Å². The van der Waals surface area contributed by atoms with Gasteiger partial charge in [-0.2, -0.15) is 5.26 Å². The third-order valence-corrected chi connectivity index (χ3v) is 7.61. The standard InChI is InChI=1S/C26H18I2N2O4S/c1-33-22-11-17(10-21(28)24(22)34-15-16-6-8-20(27)9-7-16)12-23-25(31)30(26(32)35-23)14-19-5-3-2-4-18(19)13-29/h2-12H,14-15H2,1H3/b23-12+. The van der Waals surface area contributed by atoms with E-state index in [1.165, 1.54) is 0 Å². The van der Waals surface area contributed by atoms with Crippen LogP contribution in [-0.2, 0) is 17.9 Å². The monoisotopic (exact) mass is 708 g/mol. The Kier molecular flexibility index (Phi) is 8.35. The van der Waals surface area contributed by atoms with E-state index in [1.54, 1.807) is 43.5 Å². The van der Waals surface area contributed by atoms with E-state index in [9.17, 15) is 14.9 Å². The Bertz CT molecular complexity index is 1370. The summed E-state index contributed by atoms with van der Waals surface area (Å²) in [6, 6.07) is 20.8. The van der Waals surface area contributed by atoms with Gasteiger partial charge in [0.1, 0.15) is 6.61 Å². The molecular weight excluding hydrogens is 690 g/mol. The minimum atomic E-state index is -0.388. The molecular formula is C26H18I2N2O4S. The van der Waals surface area contributed by atoms with Gasteiger partial charge in [0, 0.05) is 3.57 Å². The molecule has 0 aliphatic carbocycles. The lowest BCUT2D eigenvalue weighted by Crippen LogP contribution is -2.27. The number of benzene rings is 3. The predicted octanol–water partition coefficient (Wildman–Crippen LogP) is 6.59. The summed E-state index contributed by atoms with van der Waals surface area (Å²) in [5.41, 5.74) is 2.83. The van der Waals surface area contributed by atoms with Crippen LogP contribution in [-0.4, -0.2) is 23.2 Å². The molecule has 0 bridgehead atoms. The lowest BCUT2D eigenvalue weighted by molar-refractivity contribution is -0.123. The molecule has 0 atom stereocenters. The maximum absolute atomic E-state index is 13.0. The van der Waals surface area contributed by atoms with Gasteiger partial charge in [-0.15, -0.1) is 0 Å². The number of imide groups is 1. The first-order valence-corrected chi connectivity index (χ1v) is 13.3. The highest BCUT2D eigenvalue weighted by Gasteiger charge is 2.35. The van der Waals surface area contributed by atoms with E-state index in [1.807, 2.05) is 30.3 Å². The van der Waals surface area contributed by atoms with Crippen molar-refractivity contribution in [3.63, 3.8) is 0 Å². The van der Waals surface area contributed by atoms with Gasteiger partial charge in [0.05, 0.1) is 33.8 Å². The zero-order valence-corrected chi connectivity index (χ0v) is 23.6. The SMILES string of the molecule is COc1cc(/C=C2/SC(=O)N(Cc3ccccc3C#N)C2=O)cc(I)c1OCc1ccc(I)cc1. The molecule has 176 valence electrons. The summed E-state index contributed by atoms with van der Waals surface area (Å²) in [5, 5.41) is 8.94. The van der Waals surface area contributed by atoms with Crippen LogP contribution < -0.4 is 9.47 Å². The molecule has 6 nitrogen and oxygen atoms in total. The van der Waals surface area contributed by atoms with Crippen molar-refractivity contribution in [2.24, 2.45) is 0 Å². The van der Waals surface area contributed by atoms with Crippen molar-refractivity contribution in [3.8, 4) is 17.6 Å². The summed E-state index contributed by atoms with van der Waals surface area (Å²) >= 11 is 5.31.